The summed E-state index contributed by atoms with van der Waals surface area (Å²) < 4.78 is 5.97. The van der Waals surface area contributed by atoms with Crippen molar-refractivity contribution >= 4 is 29.6 Å². The van der Waals surface area contributed by atoms with Crippen LogP contribution in [0.15, 0.2) is 72.3 Å². The van der Waals surface area contributed by atoms with Crippen LogP contribution in [-0.2, 0) is 16.2 Å². The van der Waals surface area contributed by atoms with E-state index < -0.39 is 17.8 Å². The second-order valence-corrected chi connectivity index (χ2v) is 8.06. The molecule has 1 N–H and O–H groups in total. The predicted molar refractivity (Wildman–Crippen MR) is 127 cm³/mol. The summed E-state index contributed by atoms with van der Waals surface area (Å²) in [6, 6.07) is 19.8. The summed E-state index contributed by atoms with van der Waals surface area (Å²) in [5, 5.41) is 2.27. The molecule has 3 aromatic carbocycles. The summed E-state index contributed by atoms with van der Waals surface area (Å²) in [7, 11) is 0. The topological polar surface area (TPSA) is 75.7 Å². The van der Waals surface area contributed by atoms with Gasteiger partial charge in [0.05, 0.1) is 5.69 Å². The molecule has 33 heavy (non-hydrogen) atoms. The molecule has 1 aliphatic heterocycles. The van der Waals surface area contributed by atoms with Crippen molar-refractivity contribution in [2.45, 2.75) is 27.4 Å². The van der Waals surface area contributed by atoms with Gasteiger partial charge in [0.25, 0.3) is 11.8 Å². The second-order valence-electron chi connectivity index (χ2n) is 8.06. The SMILES string of the molecule is Cc1ccc(COc2ccccc2/C=C2\C(=O)NC(=O)N(c3ccc(C)cc3C)C2=O)cc1. The van der Waals surface area contributed by atoms with Gasteiger partial charge in [-0.05, 0) is 50.1 Å². The van der Waals surface area contributed by atoms with Crippen molar-refractivity contribution < 1.29 is 19.1 Å². The first-order valence-electron chi connectivity index (χ1n) is 10.6. The maximum absolute atomic E-state index is 13.2. The summed E-state index contributed by atoms with van der Waals surface area (Å²) in [4.78, 5) is 39.3. The number of nitrogens with zero attached hydrogens (tertiary/aromatic N) is 1. The first-order valence-corrected chi connectivity index (χ1v) is 10.6. The van der Waals surface area contributed by atoms with E-state index in [1.807, 2.05) is 63.2 Å². The Kier molecular flexibility index (Phi) is 6.09. The average molecular weight is 440 g/mol. The highest BCUT2D eigenvalue weighted by Gasteiger charge is 2.37. The molecular weight excluding hydrogens is 416 g/mol. The van der Waals surface area contributed by atoms with E-state index in [0.29, 0.717) is 23.6 Å². The zero-order chi connectivity index (χ0) is 23.5. The Morgan fingerprint density at radius 1 is 0.879 bits per heavy atom. The van der Waals surface area contributed by atoms with E-state index in [1.54, 1.807) is 24.3 Å². The molecular formula is C27H24N2O4. The third kappa shape index (κ3) is 4.70. The molecule has 0 bridgehead atoms. The van der Waals surface area contributed by atoms with Gasteiger partial charge in [-0.25, -0.2) is 9.69 Å². The van der Waals surface area contributed by atoms with Gasteiger partial charge in [-0.1, -0.05) is 65.7 Å². The fraction of sp³-hybridized carbons (Fsp3) is 0.148. The van der Waals surface area contributed by atoms with Crippen LogP contribution in [0.1, 0.15) is 27.8 Å². The van der Waals surface area contributed by atoms with Crippen LogP contribution in [0, 0.1) is 20.8 Å². The van der Waals surface area contributed by atoms with Gasteiger partial charge in [-0.2, -0.15) is 0 Å². The Labute approximate surface area is 192 Å². The van der Waals surface area contributed by atoms with Crippen LogP contribution in [-0.4, -0.2) is 17.8 Å². The van der Waals surface area contributed by atoms with E-state index in [2.05, 4.69) is 5.32 Å². The molecule has 0 spiro atoms. The predicted octanol–water partition coefficient (Wildman–Crippen LogP) is 4.86. The number of ether oxygens (including phenoxy) is 1. The third-order valence-corrected chi connectivity index (χ3v) is 5.43. The molecule has 0 saturated carbocycles. The number of para-hydroxylation sites is 1. The number of anilines is 1. The summed E-state index contributed by atoms with van der Waals surface area (Å²) in [5.74, 6) is -0.885. The summed E-state index contributed by atoms with van der Waals surface area (Å²) in [5.41, 5.74) is 4.79. The normalized spacial score (nSPS) is 15.1. The van der Waals surface area contributed by atoms with E-state index >= 15 is 0 Å². The first-order chi connectivity index (χ1) is 15.8. The van der Waals surface area contributed by atoms with Crippen LogP contribution in [0.25, 0.3) is 6.08 Å². The van der Waals surface area contributed by atoms with Crippen LogP contribution >= 0.6 is 0 Å². The van der Waals surface area contributed by atoms with Crippen LogP contribution in [0.2, 0.25) is 0 Å². The number of imide groups is 2. The number of aryl methyl sites for hydroxylation is 3. The van der Waals surface area contributed by atoms with Crippen molar-refractivity contribution in [3.8, 4) is 5.75 Å². The van der Waals surface area contributed by atoms with Crippen molar-refractivity contribution in [1.29, 1.82) is 0 Å². The highest BCUT2D eigenvalue weighted by molar-refractivity contribution is 6.39. The molecule has 4 amide bonds. The van der Waals surface area contributed by atoms with Crippen molar-refractivity contribution in [2.75, 3.05) is 4.90 Å². The summed E-state index contributed by atoms with van der Waals surface area (Å²) in [6.07, 6.45) is 1.46. The van der Waals surface area contributed by atoms with E-state index in [-0.39, 0.29) is 5.57 Å². The molecule has 6 nitrogen and oxygen atoms in total. The third-order valence-electron chi connectivity index (χ3n) is 5.43. The monoisotopic (exact) mass is 440 g/mol. The number of urea groups is 1. The largest absolute Gasteiger partial charge is 0.488 e. The number of hydrogen-bond acceptors (Lipinski definition) is 4. The van der Waals surface area contributed by atoms with Crippen LogP contribution in [0.4, 0.5) is 10.5 Å². The highest BCUT2D eigenvalue weighted by atomic mass is 16.5. The smallest absolute Gasteiger partial charge is 0.335 e. The Morgan fingerprint density at radius 2 is 1.58 bits per heavy atom. The number of amides is 4. The van der Waals surface area contributed by atoms with E-state index in [9.17, 15) is 14.4 Å². The van der Waals surface area contributed by atoms with E-state index in [4.69, 9.17) is 4.74 Å². The van der Waals surface area contributed by atoms with Gasteiger partial charge >= 0.3 is 6.03 Å². The molecule has 0 unspecified atom stereocenters. The highest BCUT2D eigenvalue weighted by Crippen LogP contribution is 2.28. The molecule has 0 radical (unpaired) electrons. The molecule has 6 heteroatoms. The van der Waals surface area contributed by atoms with E-state index in [0.717, 1.165) is 27.2 Å². The lowest BCUT2D eigenvalue weighted by molar-refractivity contribution is -0.122. The molecule has 4 rings (SSSR count). The van der Waals surface area contributed by atoms with Crippen molar-refractivity contribution in [1.82, 2.24) is 5.32 Å². The van der Waals surface area contributed by atoms with Gasteiger partial charge in [-0.3, -0.25) is 14.9 Å². The van der Waals surface area contributed by atoms with Crippen molar-refractivity contribution in [3.63, 3.8) is 0 Å². The number of nitrogens with one attached hydrogen (secondary N) is 1. The van der Waals surface area contributed by atoms with E-state index in [1.165, 1.54) is 6.08 Å². The number of carbonyl (C=O) groups is 3. The fourth-order valence-electron chi connectivity index (χ4n) is 3.66. The quantitative estimate of drug-likeness (QED) is 0.454. The van der Waals surface area contributed by atoms with Crippen LogP contribution in [0.5, 0.6) is 5.75 Å². The van der Waals surface area contributed by atoms with Gasteiger partial charge in [0.1, 0.15) is 17.9 Å². The van der Waals surface area contributed by atoms with Gasteiger partial charge in [0.2, 0.25) is 0 Å². The standard InChI is InChI=1S/C27H24N2O4/c1-17-8-11-20(12-9-17)16-33-24-7-5-4-6-21(24)15-22-25(30)28-27(32)29(26(22)31)23-13-10-18(2)14-19(23)3/h4-15H,16H2,1-3H3,(H,28,30,32)/b22-15+. The molecule has 1 saturated heterocycles. The molecule has 0 aromatic heterocycles. The van der Waals surface area contributed by atoms with Gasteiger partial charge in [0.15, 0.2) is 0 Å². The maximum atomic E-state index is 13.2. The van der Waals surface area contributed by atoms with Crippen LogP contribution in [0.3, 0.4) is 0 Å². The lowest BCUT2D eigenvalue weighted by atomic mass is 10.0. The molecule has 3 aromatic rings. The minimum atomic E-state index is -0.766. The minimum Gasteiger partial charge on any atom is -0.488 e. The number of barbiturate groups is 1. The lowest BCUT2D eigenvalue weighted by Crippen LogP contribution is -2.54. The maximum Gasteiger partial charge on any atom is 0.335 e. The molecule has 166 valence electrons. The zero-order valence-electron chi connectivity index (χ0n) is 18.7. The fourth-order valence-corrected chi connectivity index (χ4v) is 3.66. The molecule has 0 atom stereocenters. The Balaban J connectivity index is 1.65. The Bertz CT molecular complexity index is 1280. The van der Waals surface area contributed by atoms with Gasteiger partial charge in [0, 0.05) is 5.56 Å². The molecule has 0 aliphatic carbocycles. The molecule has 1 fully saturated rings. The average Bonchev–Trinajstić information content (AvgIpc) is 2.78. The first kappa shape index (κ1) is 22.0. The number of hydrogen-bond donors (Lipinski definition) is 1. The van der Waals surface area contributed by atoms with Gasteiger partial charge in [-0.15, -0.1) is 0 Å². The minimum absolute atomic E-state index is 0.138. The molecule has 1 aliphatic rings. The Hall–Kier alpha value is -4.19. The Morgan fingerprint density at radius 3 is 2.30 bits per heavy atom. The van der Waals surface area contributed by atoms with Crippen molar-refractivity contribution in [3.05, 3.63) is 100 Å². The second kappa shape index (κ2) is 9.12. The van der Waals surface area contributed by atoms with Crippen molar-refractivity contribution in [2.24, 2.45) is 0 Å². The molecule has 1 heterocycles. The van der Waals surface area contributed by atoms with Crippen LogP contribution < -0.4 is 15.0 Å². The zero-order valence-corrected chi connectivity index (χ0v) is 18.7. The van der Waals surface area contributed by atoms with Gasteiger partial charge < -0.3 is 4.74 Å². The summed E-state index contributed by atoms with van der Waals surface area (Å²) in [6.45, 7) is 6.10. The number of rotatable bonds is 5. The number of carbonyl (C=O) groups excluding carboxylic acids is 3. The lowest BCUT2D eigenvalue weighted by Gasteiger charge is -2.27. The number of benzene rings is 3. The summed E-state index contributed by atoms with van der Waals surface area (Å²) >= 11 is 0.